The summed E-state index contributed by atoms with van der Waals surface area (Å²) in [4.78, 5) is 18.0. The van der Waals surface area contributed by atoms with Gasteiger partial charge >= 0.3 is 0 Å². The van der Waals surface area contributed by atoms with Crippen molar-refractivity contribution >= 4 is 37.5 Å². The number of carbonyl (C=O) groups excluding carboxylic acids is 1. The summed E-state index contributed by atoms with van der Waals surface area (Å²) >= 11 is 1.40. The van der Waals surface area contributed by atoms with E-state index in [4.69, 9.17) is 9.47 Å². The number of aromatic nitrogens is 1. The van der Waals surface area contributed by atoms with Crippen LogP contribution in [-0.4, -0.2) is 43.1 Å². The van der Waals surface area contributed by atoms with Gasteiger partial charge in [-0.3, -0.25) is 4.79 Å². The Morgan fingerprint density at radius 2 is 1.82 bits per heavy atom. The minimum absolute atomic E-state index is 0.0425. The summed E-state index contributed by atoms with van der Waals surface area (Å²) in [6.07, 6.45) is 3.88. The molecule has 1 fully saturated rings. The van der Waals surface area contributed by atoms with Crippen LogP contribution in [0.5, 0.6) is 11.5 Å². The lowest BCUT2D eigenvalue weighted by Gasteiger charge is -2.23. The summed E-state index contributed by atoms with van der Waals surface area (Å²) < 4.78 is 41.2. The van der Waals surface area contributed by atoms with Crippen molar-refractivity contribution in [3.8, 4) is 11.5 Å². The van der Waals surface area contributed by atoms with Crippen LogP contribution in [0.2, 0.25) is 0 Å². The molecule has 0 N–H and O–H groups in total. The second-order valence-electron chi connectivity index (χ2n) is 8.20. The molecule has 2 aromatic carbocycles. The van der Waals surface area contributed by atoms with E-state index in [0.717, 1.165) is 35.9 Å². The number of aryl methyl sites for hydroxylation is 1. The van der Waals surface area contributed by atoms with Crippen LogP contribution in [0.1, 0.15) is 43.0 Å². The van der Waals surface area contributed by atoms with Crippen LogP contribution in [0.15, 0.2) is 46.3 Å². The molecule has 3 aromatic rings. The quantitative estimate of drug-likeness (QED) is 0.547. The van der Waals surface area contributed by atoms with Crippen LogP contribution in [0, 0.1) is 0 Å². The fraction of sp³-hybridized carbons (Fsp3) is 0.391. The van der Waals surface area contributed by atoms with Crippen LogP contribution in [0.4, 0.5) is 0 Å². The number of hydrogen-bond donors (Lipinski definition) is 0. The maximum Gasteiger partial charge on any atom is 0.279 e. The Labute approximate surface area is 196 Å². The Hall–Kier alpha value is -2.69. The first kappa shape index (κ1) is 22.1. The molecule has 174 valence electrons. The number of benzene rings is 2. The van der Waals surface area contributed by atoms with Gasteiger partial charge in [0.15, 0.2) is 16.3 Å². The third-order valence-corrected chi connectivity index (χ3v) is 9.27. The molecule has 0 saturated heterocycles. The second kappa shape index (κ2) is 8.58. The standard InChI is InChI=1S/C23H25N3O5S2/c1-3-26-18-12-19-20(31-14-30-19)13-21(18)32-23(26)24-22(27)15-8-10-17(11-9-15)33(28,29)25(2)16-6-4-5-7-16/h8-13,16H,3-7,14H2,1-2H3. The topological polar surface area (TPSA) is 90.2 Å². The molecule has 33 heavy (non-hydrogen) atoms. The van der Waals surface area contributed by atoms with Crippen molar-refractivity contribution in [3.05, 3.63) is 46.8 Å². The Morgan fingerprint density at radius 3 is 2.48 bits per heavy atom. The van der Waals surface area contributed by atoms with E-state index in [0.29, 0.717) is 28.4 Å². The first-order valence-corrected chi connectivity index (χ1v) is 13.2. The Bertz CT molecular complexity index is 1380. The lowest BCUT2D eigenvalue weighted by atomic mass is 10.2. The molecular weight excluding hydrogens is 462 g/mol. The molecule has 0 spiro atoms. The molecule has 0 atom stereocenters. The first-order valence-electron chi connectivity index (χ1n) is 11.0. The van der Waals surface area contributed by atoms with Crippen molar-refractivity contribution in [3.63, 3.8) is 0 Å². The number of carbonyl (C=O) groups is 1. The van der Waals surface area contributed by atoms with Crippen molar-refractivity contribution in [2.24, 2.45) is 4.99 Å². The van der Waals surface area contributed by atoms with E-state index in [1.165, 1.54) is 39.9 Å². The number of amides is 1. The molecule has 5 rings (SSSR count). The third-order valence-electron chi connectivity index (χ3n) is 6.31. The van der Waals surface area contributed by atoms with Gasteiger partial charge in [-0.25, -0.2) is 8.42 Å². The highest BCUT2D eigenvalue weighted by Crippen LogP contribution is 2.37. The van der Waals surface area contributed by atoms with E-state index >= 15 is 0 Å². The van der Waals surface area contributed by atoms with E-state index in [9.17, 15) is 13.2 Å². The van der Waals surface area contributed by atoms with Gasteiger partial charge in [0.2, 0.25) is 16.8 Å². The molecule has 1 aliphatic heterocycles. The van der Waals surface area contributed by atoms with Gasteiger partial charge in [-0.1, -0.05) is 24.2 Å². The zero-order valence-electron chi connectivity index (χ0n) is 18.5. The molecule has 10 heteroatoms. The number of nitrogens with zero attached hydrogens (tertiary/aromatic N) is 3. The molecule has 1 amide bonds. The van der Waals surface area contributed by atoms with Gasteiger partial charge in [-0.15, -0.1) is 0 Å². The van der Waals surface area contributed by atoms with Crippen LogP contribution in [0.3, 0.4) is 0 Å². The number of rotatable bonds is 5. The molecule has 0 radical (unpaired) electrons. The molecule has 1 saturated carbocycles. The van der Waals surface area contributed by atoms with E-state index in [2.05, 4.69) is 4.99 Å². The summed E-state index contributed by atoms with van der Waals surface area (Å²) in [5, 5.41) is 0. The molecule has 0 bridgehead atoms. The second-order valence-corrected chi connectivity index (χ2v) is 11.2. The highest BCUT2D eigenvalue weighted by atomic mass is 32.2. The van der Waals surface area contributed by atoms with Crippen molar-refractivity contribution in [1.29, 1.82) is 0 Å². The summed E-state index contributed by atoms with van der Waals surface area (Å²) in [6.45, 7) is 2.83. The summed E-state index contributed by atoms with van der Waals surface area (Å²) in [6, 6.07) is 9.88. The van der Waals surface area contributed by atoms with E-state index in [1.54, 1.807) is 7.05 Å². The summed E-state index contributed by atoms with van der Waals surface area (Å²) in [7, 11) is -1.96. The maximum atomic E-state index is 13.0. The molecular formula is C23H25N3O5S2. The van der Waals surface area contributed by atoms with Crippen LogP contribution in [-0.2, 0) is 16.6 Å². The van der Waals surface area contributed by atoms with Crippen LogP contribution in [0.25, 0.3) is 10.2 Å². The molecule has 1 aromatic heterocycles. The van der Waals surface area contributed by atoms with Gasteiger partial charge in [0.1, 0.15) is 0 Å². The number of sulfonamides is 1. The largest absolute Gasteiger partial charge is 0.454 e. The molecule has 8 nitrogen and oxygen atoms in total. The number of hydrogen-bond acceptors (Lipinski definition) is 6. The summed E-state index contributed by atoms with van der Waals surface area (Å²) in [5.41, 5.74) is 1.27. The van der Waals surface area contributed by atoms with Gasteiger partial charge in [0, 0.05) is 37.3 Å². The van der Waals surface area contributed by atoms with E-state index in [1.807, 2.05) is 23.6 Å². The monoisotopic (exact) mass is 487 g/mol. The first-order chi connectivity index (χ1) is 15.9. The third kappa shape index (κ3) is 3.96. The Balaban J connectivity index is 1.44. The lowest BCUT2D eigenvalue weighted by Crippen LogP contribution is -2.35. The fourth-order valence-corrected chi connectivity index (χ4v) is 6.92. The van der Waals surface area contributed by atoms with Crippen molar-refractivity contribution in [2.75, 3.05) is 13.8 Å². The zero-order chi connectivity index (χ0) is 23.2. The molecule has 2 aliphatic rings. The average Bonchev–Trinajstić information content (AvgIpc) is 3.56. The Kier molecular flexibility index (Phi) is 5.75. The predicted molar refractivity (Wildman–Crippen MR) is 125 cm³/mol. The van der Waals surface area contributed by atoms with Crippen molar-refractivity contribution < 1.29 is 22.7 Å². The molecule has 2 heterocycles. The number of ether oxygens (including phenoxy) is 2. The highest BCUT2D eigenvalue weighted by Gasteiger charge is 2.30. The van der Waals surface area contributed by atoms with Crippen LogP contribution >= 0.6 is 11.3 Å². The zero-order valence-corrected chi connectivity index (χ0v) is 20.1. The Morgan fingerprint density at radius 1 is 1.15 bits per heavy atom. The predicted octanol–water partition coefficient (Wildman–Crippen LogP) is 3.76. The smallest absolute Gasteiger partial charge is 0.279 e. The lowest BCUT2D eigenvalue weighted by molar-refractivity contribution is 0.0997. The van der Waals surface area contributed by atoms with Gasteiger partial charge in [0.05, 0.1) is 15.1 Å². The minimum Gasteiger partial charge on any atom is -0.454 e. The van der Waals surface area contributed by atoms with Gasteiger partial charge < -0.3 is 14.0 Å². The average molecular weight is 488 g/mol. The van der Waals surface area contributed by atoms with Gasteiger partial charge in [-0.2, -0.15) is 9.30 Å². The normalized spacial score (nSPS) is 16.9. The molecule has 1 aliphatic carbocycles. The van der Waals surface area contributed by atoms with Gasteiger partial charge in [-0.05, 0) is 44.0 Å². The highest BCUT2D eigenvalue weighted by molar-refractivity contribution is 7.89. The van der Waals surface area contributed by atoms with E-state index < -0.39 is 15.9 Å². The van der Waals surface area contributed by atoms with E-state index in [-0.39, 0.29) is 17.7 Å². The maximum absolute atomic E-state index is 13.0. The summed E-state index contributed by atoms with van der Waals surface area (Å²) in [5.74, 6) is 0.945. The van der Waals surface area contributed by atoms with Crippen molar-refractivity contribution in [1.82, 2.24) is 8.87 Å². The van der Waals surface area contributed by atoms with Gasteiger partial charge in [0.25, 0.3) is 5.91 Å². The SMILES string of the molecule is CCn1c(=NC(=O)c2ccc(S(=O)(=O)N(C)C3CCCC3)cc2)sc2cc3c(cc21)OCO3. The minimum atomic E-state index is -3.59. The number of thiazole rings is 1. The molecule has 0 unspecified atom stereocenters. The number of fused-ring (bicyclic) bond motifs is 2. The fourth-order valence-electron chi connectivity index (χ4n) is 4.40. The van der Waals surface area contributed by atoms with Crippen molar-refractivity contribution in [2.45, 2.75) is 50.1 Å². The van der Waals surface area contributed by atoms with Crippen LogP contribution < -0.4 is 14.3 Å².